The first-order chi connectivity index (χ1) is 12.7. The van der Waals surface area contributed by atoms with E-state index >= 15 is 0 Å². The molecule has 134 valence electrons. The van der Waals surface area contributed by atoms with Crippen molar-refractivity contribution < 1.29 is 61.0 Å². The molecule has 0 unspecified atom stereocenters. The third kappa shape index (κ3) is 6.59. The number of nitrogen functional groups attached to an aromatic ring is 1. The number of ether oxygens (including phenoxy) is 1. The molecule has 27 heavy (non-hydrogen) atoms. The Morgan fingerprint density at radius 2 is 2.00 bits per heavy atom. The summed E-state index contributed by atoms with van der Waals surface area (Å²) in [7, 11) is 0. The summed E-state index contributed by atoms with van der Waals surface area (Å²) in [6.45, 7) is 2.87. The van der Waals surface area contributed by atoms with Gasteiger partial charge in [0, 0.05) is 24.7 Å². The summed E-state index contributed by atoms with van der Waals surface area (Å²) in [6.07, 6.45) is 6.24. The van der Waals surface area contributed by atoms with E-state index in [9.17, 15) is 0 Å². The molecular weight excluding hydrogens is 373 g/mol. The van der Waals surface area contributed by atoms with Crippen LogP contribution in [0.1, 0.15) is 12.6 Å². The van der Waals surface area contributed by atoms with Crippen LogP contribution >= 0.6 is 0 Å². The van der Waals surface area contributed by atoms with Crippen LogP contribution in [0, 0.1) is 0 Å². The predicted octanol–water partition coefficient (Wildman–Crippen LogP) is -0.137. The van der Waals surface area contributed by atoms with Crippen molar-refractivity contribution in [3.8, 4) is 11.6 Å². The molecular formula is C17H18KN7O2. The van der Waals surface area contributed by atoms with Crippen molar-refractivity contribution in [1.29, 1.82) is 0 Å². The summed E-state index contributed by atoms with van der Waals surface area (Å²) >= 11 is 0. The molecule has 0 bridgehead atoms. The van der Waals surface area contributed by atoms with Crippen molar-refractivity contribution in [1.82, 2.24) is 19.9 Å². The van der Waals surface area contributed by atoms with Crippen LogP contribution in [0.2, 0.25) is 0 Å². The number of rotatable bonds is 8. The summed E-state index contributed by atoms with van der Waals surface area (Å²) in [5.41, 5.74) is 11.3. The minimum absolute atomic E-state index is 0. The predicted molar refractivity (Wildman–Crippen MR) is 97.1 cm³/mol. The Balaban J connectivity index is 0.00000261. The van der Waals surface area contributed by atoms with Gasteiger partial charge in [-0.15, -0.1) is 0 Å². The van der Waals surface area contributed by atoms with Crippen molar-refractivity contribution in [3.63, 3.8) is 0 Å². The molecule has 0 aliphatic heterocycles. The smallest absolute Gasteiger partial charge is 0.478 e. The SMILES string of the molecule is CCOc1cnc([N-]Oc2ccnc(CNc3cccnc3N)c2)cn1.[K+]. The summed E-state index contributed by atoms with van der Waals surface area (Å²) in [5.74, 6) is 1.75. The zero-order valence-corrected chi connectivity index (χ0v) is 18.3. The van der Waals surface area contributed by atoms with Gasteiger partial charge < -0.3 is 25.6 Å². The Bertz CT molecular complexity index is 849. The Labute approximate surface area is 199 Å². The molecule has 0 atom stereocenters. The standard InChI is InChI=1S/C17H18N7O2.K/c1-2-25-16-11-22-15(10-23-16)24-26-13-5-7-19-12(8-13)9-21-14-4-3-6-20-17(14)18;/h3-8,10-11,21H,2,9H2,1H3,(H2-,18,20,22,24);/q-1;+1. The summed E-state index contributed by atoms with van der Waals surface area (Å²) in [6, 6.07) is 7.13. The van der Waals surface area contributed by atoms with Gasteiger partial charge in [0.2, 0.25) is 5.88 Å². The average Bonchev–Trinajstić information content (AvgIpc) is 2.67. The van der Waals surface area contributed by atoms with E-state index in [2.05, 4.69) is 30.7 Å². The first-order valence-corrected chi connectivity index (χ1v) is 7.97. The fourth-order valence-corrected chi connectivity index (χ4v) is 2.04. The van der Waals surface area contributed by atoms with Gasteiger partial charge in [-0.3, -0.25) is 10.5 Å². The minimum atomic E-state index is 0. The van der Waals surface area contributed by atoms with Crippen LogP contribution in [-0.2, 0) is 6.54 Å². The van der Waals surface area contributed by atoms with Gasteiger partial charge in [0.05, 0.1) is 24.5 Å². The number of nitrogens with zero attached hydrogens (tertiary/aromatic N) is 5. The first kappa shape index (κ1) is 21.3. The molecule has 0 fully saturated rings. The number of nitrogens with two attached hydrogens (primary N) is 1. The summed E-state index contributed by atoms with van der Waals surface area (Å²) in [4.78, 5) is 21.9. The largest absolute Gasteiger partial charge is 1.00 e. The van der Waals surface area contributed by atoms with Crippen LogP contribution < -0.4 is 72.0 Å². The Morgan fingerprint density at radius 1 is 1.11 bits per heavy atom. The van der Waals surface area contributed by atoms with Gasteiger partial charge in [-0.1, -0.05) is 0 Å². The molecule has 0 saturated heterocycles. The molecule has 0 aliphatic rings. The zero-order chi connectivity index (χ0) is 18.2. The molecule has 9 nitrogen and oxygen atoms in total. The molecule has 3 aromatic heterocycles. The van der Waals surface area contributed by atoms with Crippen LogP contribution in [0.3, 0.4) is 0 Å². The monoisotopic (exact) mass is 391 g/mol. The molecule has 3 heterocycles. The van der Waals surface area contributed by atoms with Crippen LogP contribution in [-0.4, -0.2) is 26.5 Å². The third-order valence-corrected chi connectivity index (χ3v) is 3.24. The topological polar surface area (TPSA) is 122 Å². The van der Waals surface area contributed by atoms with E-state index in [1.54, 1.807) is 24.5 Å². The van der Waals surface area contributed by atoms with Gasteiger partial charge in [0.1, 0.15) is 11.6 Å². The van der Waals surface area contributed by atoms with E-state index in [1.165, 1.54) is 12.4 Å². The second-order valence-electron chi connectivity index (χ2n) is 5.10. The first-order valence-electron chi connectivity index (χ1n) is 7.97. The van der Waals surface area contributed by atoms with E-state index in [0.717, 1.165) is 11.4 Å². The van der Waals surface area contributed by atoms with Gasteiger partial charge in [0.15, 0.2) is 0 Å². The fraction of sp³-hybridized carbons (Fsp3) is 0.176. The molecule has 0 amide bonds. The van der Waals surface area contributed by atoms with Crippen molar-refractivity contribution in [3.05, 3.63) is 60.2 Å². The minimum Gasteiger partial charge on any atom is -0.478 e. The van der Waals surface area contributed by atoms with E-state index in [-0.39, 0.29) is 51.4 Å². The van der Waals surface area contributed by atoms with E-state index in [0.29, 0.717) is 36.4 Å². The quantitative estimate of drug-likeness (QED) is 0.402. The Hall–Kier alpha value is -1.98. The van der Waals surface area contributed by atoms with Crippen LogP contribution in [0.4, 0.5) is 17.3 Å². The van der Waals surface area contributed by atoms with E-state index < -0.39 is 0 Å². The Kier molecular flexibility index (Phi) is 8.68. The van der Waals surface area contributed by atoms with Crippen molar-refractivity contribution in [2.45, 2.75) is 13.5 Å². The van der Waals surface area contributed by atoms with Gasteiger partial charge in [-0.25, -0.2) is 9.97 Å². The van der Waals surface area contributed by atoms with Crippen LogP contribution in [0.25, 0.3) is 5.48 Å². The van der Waals surface area contributed by atoms with Crippen LogP contribution in [0.15, 0.2) is 49.1 Å². The second-order valence-corrected chi connectivity index (χ2v) is 5.10. The number of hydrogen-bond donors (Lipinski definition) is 2. The number of anilines is 2. The molecule has 3 aromatic rings. The van der Waals surface area contributed by atoms with E-state index in [4.69, 9.17) is 15.3 Å². The normalized spacial score (nSPS) is 9.81. The maximum Gasteiger partial charge on any atom is 1.00 e. The summed E-state index contributed by atoms with van der Waals surface area (Å²) < 4.78 is 5.23. The molecule has 3 rings (SSSR count). The van der Waals surface area contributed by atoms with Crippen molar-refractivity contribution in [2.75, 3.05) is 17.7 Å². The van der Waals surface area contributed by atoms with Crippen LogP contribution in [0.5, 0.6) is 11.6 Å². The van der Waals surface area contributed by atoms with Gasteiger partial charge in [0.25, 0.3) is 0 Å². The molecule has 0 spiro atoms. The van der Waals surface area contributed by atoms with Gasteiger partial charge in [-0.05, 0) is 37.1 Å². The molecule has 0 aromatic carbocycles. The molecule has 0 saturated carbocycles. The second kappa shape index (κ2) is 11.0. The van der Waals surface area contributed by atoms with Crippen molar-refractivity contribution in [2.24, 2.45) is 0 Å². The maximum atomic E-state index is 5.80. The Morgan fingerprint density at radius 3 is 2.74 bits per heavy atom. The van der Waals surface area contributed by atoms with E-state index in [1.807, 2.05) is 19.1 Å². The van der Waals surface area contributed by atoms with Gasteiger partial charge >= 0.3 is 51.4 Å². The number of pyridine rings is 2. The average molecular weight is 391 g/mol. The zero-order valence-electron chi connectivity index (χ0n) is 15.2. The maximum absolute atomic E-state index is 5.80. The molecule has 0 radical (unpaired) electrons. The fourth-order valence-electron chi connectivity index (χ4n) is 2.04. The molecule has 10 heteroatoms. The van der Waals surface area contributed by atoms with Crippen molar-refractivity contribution >= 4 is 17.3 Å². The number of hydrogen-bond acceptors (Lipinski definition) is 8. The molecule has 0 aliphatic carbocycles. The number of aromatic nitrogens is 4. The third-order valence-electron chi connectivity index (χ3n) is 3.24. The van der Waals surface area contributed by atoms with Gasteiger partial charge in [-0.2, -0.15) is 0 Å². The number of nitrogens with one attached hydrogen (secondary N) is 1. The molecule has 3 N–H and O–H groups in total. The summed E-state index contributed by atoms with van der Waals surface area (Å²) in [5, 5.41) is 3.18.